The third-order valence-electron chi connectivity index (χ3n) is 6.04. The Kier molecular flexibility index (Phi) is 8.41. The number of hydrogen-bond acceptors (Lipinski definition) is 7. The number of carbonyl (C=O) groups excluding carboxylic acids is 4. The Hall–Kier alpha value is -2.18. The molecule has 0 radical (unpaired) electrons. The van der Waals surface area contributed by atoms with E-state index < -0.39 is 29.2 Å². The average Bonchev–Trinajstić information content (AvgIpc) is 2.69. The molecule has 29 heavy (non-hydrogen) atoms. The van der Waals surface area contributed by atoms with Crippen molar-refractivity contribution in [1.82, 2.24) is 0 Å². The fraction of sp³-hybridized carbons (Fsp3) is 0.727. The number of carbonyl (C=O) groups is 4. The van der Waals surface area contributed by atoms with Crippen LogP contribution in [0.5, 0.6) is 0 Å². The van der Waals surface area contributed by atoms with E-state index >= 15 is 0 Å². The Morgan fingerprint density at radius 1 is 0.897 bits per heavy atom. The summed E-state index contributed by atoms with van der Waals surface area (Å²) in [5.41, 5.74) is -1.48. The van der Waals surface area contributed by atoms with E-state index in [-0.39, 0.29) is 30.0 Å². The summed E-state index contributed by atoms with van der Waals surface area (Å²) in [5, 5.41) is 0. The van der Waals surface area contributed by atoms with E-state index in [0.29, 0.717) is 19.3 Å². The summed E-state index contributed by atoms with van der Waals surface area (Å²) in [6, 6.07) is 0. The van der Waals surface area contributed by atoms with E-state index in [4.69, 9.17) is 14.2 Å². The first-order valence-corrected chi connectivity index (χ1v) is 10.6. The van der Waals surface area contributed by atoms with E-state index in [0.717, 1.165) is 38.5 Å². The van der Waals surface area contributed by atoms with Crippen molar-refractivity contribution in [3.8, 4) is 0 Å². The van der Waals surface area contributed by atoms with Crippen molar-refractivity contribution in [2.75, 3.05) is 20.8 Å². The van der Waals surface area contributed by atoms with Gasteiger partial charge in [-0.25, -0.2) is 9.59 Å². The van der Waals surface area contributed by atoms with Crippen LogP contribution in [-0.2, 0) is 33.4 Å². The van der Waals surface area contributed by atoms with Gasteiger partial charge in [-0.05, 0) is 19.8 Å². The van der Waals surface area contributed by atoms with E-state index in [2.05, 4.69) is 0 Å². The standard InChI is InChI=1S/C22H32O7/c1-4-29-21(26)18-16(19(24)27-2)17(20(25)28-3)22(18)14-12-10-8-6-5-7-9-11-13-15(22)23/h17H,4-14H2,1-3H3/t17-,22+/m0/s1. The lowest BCUT2D eigenvalue weighted by molar-refractivity contribution is -0.161. The molecule has 2 rings (SSSR count). The van der Waals surface area contributed by atoms with Crippen LogP contribution in [-0.4, -0.2) is 44.5 Å². The van der Waals surface area contributed by atoms with Crippen LogP contribution in [0.25, 0.3) is 0 Å². The molecule has 0 aliphatic heterocycles. The van der Waals surface area contributed by atoms with Gasteiger partial charge >= 0.3 is 17.9 Å². The lowest BCUT2D eigenvalue weighted by Crippen LogP contribution is -2.57. The molecule has 0 heterocycles. The van der Waals surface area contributed by atoms with Crippen molar-refractivity contribution >= 4 is 23.7 Å². The number of Topliss-reactive ketones (excluding diaryl/α,β-unsaturated/α-hetero) is 1. The molecule has 0 aromatic heterocycles. The minimum absolute atomic E-state index is 0.0105. The molecule has 1 fully saturated rings. The molecule has 2 aliphatic rings. The molecule has 0 aromatic carbocycles. The predicted molar refractivity (Wildman–Crippen MR) is 105 cm³/mol. The van der Waals surface area contributed by atoms with Crippen LogP contribution in [0.1, 0.15) is 71.1 Å². The van der Waals surface area contributed by atoms with Crippen LogP contribution in [0, 0.1) is 11.3 Å². The topological polar surface area (TPSA) is 96.0 Å². The van der Waals surface area contributed by atoms with Gasteiger partial charge in [-0.2, -0.15) is 0 Å². The van der Waals surface area contributed by atoms with Crippen LogP contribution in [0.2, 0.25) is 0 Å². The summed E-state index contributed by atoms with van der Waals surface area (Å²) in [6.07, 6.45) is 8.16. The summed E-state index contributed by atoms with van der Waals surface area (Å²) in [7, 11) is 2.40. The molecular formula is C22H32O7. The molecule has 0 aromatic rings. The zero-order chi connectivity index (χ0) is 21.4. The predicted octanol–water partition coefficient (Wildman–Crippen LogP) is 3.29. The van der Waals surface area contributed by atoms with Crippen LogP contribution in [0.15, 0.2) is 11.1 Å². The number of hydrogen-bond donors (Lipinski definition) is 0. The Bertz CT molecular complexity index is 679. The fourth-order valence-corrected chi connectivity index (χ4v) is 4.64. The highest BCUT2D eigenvalue weighted by Gasteiger charge is 2.65. The second-order valence-electron chi connectivity index (χ2n) is 7.68. The summed E-state index contributed by atoms with van der Waals surface area (Å²) in [6.45, 7) is 1.76. The quantitative estimate of drug-likeness (QED) is 0.520. The summed E-state index contributed by atoms with van der Waals surface area (Å²) in [5.74, 6) is -3.54. The molecule has 0 saturated heterocycles. The van der Waals surface area contributed by atoms with Crippen LogP contribution in [0.3, 0.4) is 0 Å². The van der Waals surface area contributed by atoms with E-state index in [1.54, 1.807) is 6.92 Å². The highest BCUT2D eigenvalue weighted by Crippen LogP contribution is 2.57. The molecule has 7 heteroatoms. The van der Waals surface area contributed by atoms with Gasteiger partial charge in [0, 0.05) is 6.42 Å². The van der Waals surface area contributed by atoms with Gasteiger partial charge < -0.3 is 14.2 Å². The number of rotatable bonds is 4. The smallest absolute Gasteiger partial charge is 0.335 e. The van der Waals surface area contributed by atoms with E-state index in [1.165, 1.54) is 14.2 Å². The third-order valence-corrected chi connectivity index (χ3v) is 6.04. The maximum absolute atomic E-state index is 13.4. The first kappa shape index (κ1) is 23.1. The zero-order valence-corrected chi connectivity index (χ0v) is 17.7. The first-order chi connectivity index (χ1) is 13.9. The highest BCUT2D eigenvalue weighted by molar-refractivity contribution is 6.16. The molecule has 1 spiro atoms. The Balaban J connectivity index is 2.58. The lowest BCUT2D eigenvalue weighted by Gasteiger charge is -2.48. The third kappa shape index (κ3) is 4.54. The molecular weight excluding hydrogens is 376 g/mol. The van der Waals surface area contributed by atoms with Gasteiger partial charge in [-0.1, -0.05) is 44.9 Å². The molecule has 7 nitrogen and oxygen atoms in total. The van der Waals surface area contributed by atoms with Gasteiger partial charge in [0.05, 0.1) is 37.4 Å². The Morgan fingerprint density at radius 2 is 1.48 bits per heavy atom. The van der Waals surface area contributed by atoms with E-state index in [1.807, 2.05) is 0 Å². The van der Waals surface area contributed by atoms with Gasteiger partial charge in [0.2, 0.25) is 0 Å². The van der Waals surface area contributed by atoms with Gasteiger partial charge in [0.25, 0.3) is 0 Å². The van der Waals surface area contributed by atoms with Gasteiger partial charge in [0.15, 0.2) is 0 Å². The van der Waals surface area contributed by atoms with Crippen LogP contribution < -0.4 is 0 Å². The average molecular weight is 408 g/mol. The van der Waals surface area contributed by atoms with Crippen LogP contribution in [0.4, 0.5) is 0 Å². The van der Waals surface area contributed by atoms with Gasteiger partial charge in [-0.15, -0.1) is 0 Å². The molecule has 2 atom stereocenters. The van der Waals surface area contributed by atoms with Crippen LogP contribution >= 0.6 is 0 Å². The molecule has 0 N–H and O–H groups in total. The molecule has 1 saturated carbocycles. The molecule has 0 amide bonds. The van der Waals surface area contributed by atoms with Crippen molar-refractivity contribution in [3.63, 3.8) is 0 Å². The summed E-state index contributed by atoms with van der Waals surface area (Å²) in [4.78, 5) is 51.4. The normalized spacial score (nSPS) is 26.0. The zero-order valence-electron chi connectivity index (χ0n) is 17.7. The van der Waals surface area contributed by atoms with Gasteiger partial charge in [-0.3, -0.25) is 9.59 Å². The monoisotopic (exact) mass is 408 g/mol. The largest absolute Gasteiger partial charge is 0.469 e. The number of esters is 3. The fourth-order valence-electron chi connectivity index (χ4n) is 4.64. The number of methoxy groups -OCH3 is 2. The molecule has 0 unspecified atom stereocenters. The SMILES string of the molecule is CCOC(=O)C1=C(C(=O)OC)[C@@H](C(=O)OC)[C@]12CCCCCCCCCCC2=O. The minimum Gasteiger partial charge on any atom is -0.469 e. The maximum atomic E-state index is 13.4. The van der Waals surface area contributed by atoms with Crippen molar-refractivity contribution in [1.29, 1.82) is 0 Å². The molecule has 2 aliphatic carbocycles. The highest BCUT2D eigenvalue weighted by atomic mass is 16.5. The second-order valence-corrected chi connectivity index (χ2v) is 7.68. The van der Waals surface area contributed by atoms with Gasteiger partial charge in [0.1, 0.15) is 11.7 Å². The lowest BCUT2D eigenvalue weighted by atomic mass is 9.51. The number of ether oxygens (including phenoxy) is 3. The molecule has 162 valence electrons. The maximum Gasteiger partial charge on any atom is 0.335 e. The summed E-state index contributed by atoms with van der Waals surface area (Å²) < 4.78 is 14.9. The summed E-state index contributed by atoms with van der Waals surface area (Å²) >= 11 is 0. The van der Waals surface area contributed by atoms with Crippen molar-refractivity contribution in [3.05, 3.63) is 11.1 Å². The van der Waals surface area contributed by atoms with Crippen molar-refractivity contribution in [2.45, 2.75) is 71.1 Å². The van der Waals surface area contributed by atoms with Crippen molar-refractivity contribution in [2.24, 2.45) is 11.3 Å². The Labute approximate surface area is 172 Å². The minimum atomic E-state index is -1.37. The first-order valence-electron chi connectivity index (χ1n) is 10.6. The Morgan fingerprint density at radius 3 is 2.03 bits per heavy atom. The molecule has 0 bridgehead atoms. The van der Waals surface area contributed by atoms with E-state index in [9.17, 15) is 19.2 Å². The second kappa shape index (κ2) is 10.6. The van der Waals surface area contributed by atoms with Crippen molar-refractivity contribution < 1.29 is 33.4 Å². The number of ketones is 1.